The van der Waals surface area contributed by atoms with E-state index in [1.165, 1.54) is 16.8 Å². The highest BCUT2D eigenvalue weighted by atomic mass is 16.5. The molecule has 4 aromatic rings. The maximum Gasteiger partial charge on any atom is 0.307 e. The van der Waals surface area contributed by atoms with E-state index in [2.05, 4.69) is 38.2 Å². The molecule has 0 spiro atoms. The molecule has 37 heavy (non-hydrogen) atoms. The number of nitrogens with one attached hydrogen (secondary N) is 1. The maximum absolute atomic E-state index is 13.9. The van der Waals surface area contributed by atoms with Crippen LogP contribution in [0.1, 0.15) is 28.5 Å². The van der Waals surface area contributed by atoms with Crippen molar-refractivity contribution in [2.24, 2.45) is 11.5 Å². The van der Waals surface area contributed by atoms with Crippen molar-refractivity contribution in [1.29, 1.82) is 5.26 Å². The molecular formula is C25H23N9O3. The van der Waals surface area contributed by atoms with Crippen LogP contribution in [0.2, 0.25) is 0 Å². The van der Waals surface area contributed by atoms with Gasteiger partial charge in [0.05, 0.1) is 24.7 Å². The molecule has 1 aromatic carbocycles. The number of aromatic nitrogens is 5. The number of nitriles is 1. The minimum absolute atomic E-state index is 0.0151. The van der Waals surface area contributed by atoms with Crippen LogP contribution in [-0.2, 0) is 13.1 Å². The molecule has 0 aliphatic rings. The van der Waals surface area contributed by atoms with Crippen LogP contribution in [0.3, 0.4) is 0 Å². The van der Waals surface area contributed by atoms with E-state index in [-0.39, 0.29) is 41.7 Å². The normalized spacial score (nSPS) is 10.4. The Hall–Kier alpha value is -5.20. The zero-order valence-corrected chi connectivity index (χ0v) is 19.9. The average Bonchev–Trinajstić information content (AvgIpc) is 3.25. The number of benzene rings is 1. The lowest BCUT2D eigenvalue weighted by Gasteiger charge is -2.15. The van der Waals surface area contributed by atoms with Gasteiger partial charge in [-0.3, -0.25) is 18.7 Å². The van der Waals surface area contributed by atoms with Crippen molar-refractivity contribution in [3.63, 3.8) is 0 Å². The van der Waals surface area contributed by atoms with Crippen molar-refractivity contribution in [3.8, 4) is 29.7 Å². The summed E-state index contributed by atoms with van der Waals surface area (Å²) in [5, 5.41) is 12.7. The summed E-state index contributed by atoms with van der Waals surface area (Å²) >= 11 is 0. The predicted octanol–water partition coefficient (Wildman–Crippen LogP) is 1.19. The van der Waals surface area contributed by atoms with Crippen molar-refractivity contribution >= 4 is 23.0 Å². The van der Waals surface area contributed by atoms with Gasteiger partial charge in [-0.1, -0.05) is 24.1 Å². The topological polar surface area (TPSA) is 180 Å². The highest BCUT2D eigenvalue weighted by Crippen LogP contribution is 2.25. The number of ether oxygens (including phenoxy) is 1. The van der Waals surface area contributed by atoms with E-state index in [4.69, 9.17) is 16.2 Å². The van der Waals surface area contributed by atoms with Crippen LogP contribution in [-0.4, -0.2) is 43.1 Å². The van der Waals surface area contributed by atoms with E-state index in [1.54, 1.807) is 41.8 Å². The van der Waals surface area contributed by atoms with Gasteiger partial charge in [-0.2, -0.15) is 15.2 Å². The summed E-state index contributed by atoms with van der Waals surface area (Å²) < 4.78 is 8.82. The Morgan fingerprint density at radius 1 is 1.19 bits per heavy atom. The third-order valence-corrected chi connectivity index (χ3v) is 5.34. The predicted molar refractivity (Wildman–Crippen MR) is 136 cm³/mol. The first-order valence-corrected chi connectivity index (χ1v) is 11.2. The summed E-state index contributed by atoms with van der Waals surface area (Å²) in [7, 11) is 0. The molecule has 0 atom stereocenters. The molecule has 0 saturated carbocycles. The van der Waals surface area contributed by atoms with Crippen LogP contribution in [0.25, 0.3) is 11.2 Å². The van der Waals surface area contributed by atoms with E-state index in [9.17, 15) is 14.9 Å². The largest absolute Gasteiger partial charge is 0.423 e. The molecule has 0 radical (unpaired) electrons. The molecule has 0 fully saturated rings. The molecule has 1 amide bonds. The minimum atomic E-state index is -0.809. The summed E-state index contributed by atoms with van der Waals surface area (Å²) in [6.45, 7) is 2.59. The highest BCUT2D eigenvalue weighted by Gasteiger charge is 2.23. The number of hydrogen-bond donors (Lipinski definition) is 3. The molecule has 12 nitrogen and oxygen atoms in total. The Balaban J connectivity index is 1.97. The molecule has 0 bridgehead atoms. The van der Waals surface area contributed by atoms with Gasteiger partial charge in [0.15, 0.2) is 22.6 Å². The van der Waals surface area contributed by atoms with Gasteiger partial charge in [-0.15, -0.1) is 5.92 Å². The molecule has 12 heteroatoms. The van der Waals surface area contributed by atoms with Crippen LogP contribution in [0.5, 0.6) is 11.8 Å². The number of fused-ring (bicyclic) bond motifs is 1. The molecule has 0 aliphatic heterocycles. The molecular weight excluding hydrogens is 474 g/mol. The van der Waals surface area contributed by atoms with Crippen LogP contribution in [0, 0.1) is 23.2 Å². The van der Waals surface area contributed by atoms with Gasteiger partial charge in [-0.05, 0) is 30.7 Å². The molecule has 4 rings (SSSR count). The van der Waals surface area contributed by atoms with E-state index >= 15 is 0 Å². The Morgan fingerprint density at radius 2 is 2.00 bits per heavy atom. The second-order valence-corrected chi connectivity index (χ2v) is 7.71. The smallest absolute Gasteiger partial charge is 0.307 e. The number of nitrogens with two attached hydrogens (primary N) is 2. The minimum Gasteiger partial charge on any atom is -0.423 e. The van der Waals surface area contributed by atoms with Crippen molar-refractivity contribution in [1.82, 2.24) is 24.1 Å². The summed E-state index contributed by atoms with van der Waals surface area (Å²) in [6, 6.07) is 11.9. The quantitative estimate of drug-likeness (QED) is 0.286. The molecule has 3 aromatic heterocycles. The number of carbonyl (C=O) groups excluding carboxylic acids is 1. The van der Waals surface area contributed by atoms with E-state index in [0.717, 1.165) is 0 Å². The average molecular weight is 498 g/mol. The van der Waals surface area contributed by atoms with Gasteiger partial charge < -0.3 is 21.5 Å². The number of primary amides is 1. The zero-order chi connectivity index (χ0) is 26.4. The monoisotopic (exact) mass is 497 g/mol. The third kappa shape index (κ3) is 5.10. The number of imidazole rings is 1. The molecule has 0 saturated heterocycles. The summed E-state index contributed by atoms with van der Waals surface area (Å²) in [6.07, 6.45) is 1.39. The van der Waals surface area contributed by atoms with Crippen LogP contribution in [0.4, 0.5) is 5.95 Å². The first kappa shape index (κ1) is 24.9. The van der Waals surface area contributed by atoms with Crippen molar-refractivity contribution in [2.75, 3.05) is 18.4 Å². The SMILES string of the molecule is CC#CCn1c(NCCN)nc2nc(Oc3cccnc3C(N)=O)n(Cc3ccccc3C#N)c(=O)c21. The number of nitrogens with zero attached hydrogens (tertiary/aromatic N) is 6. The molecule has 0 aliphatic carbocycles. The van der Waals surface area contributed by atoms with Crippen LogP contribution < -0.4 is 27.1 Å². The Bertz CT molecular complexity index is 1640. The summed E-state index contributed by atoms with van der Waals surface area (Å²) in [4.78, 5) is 38.8. The number of anilines is 1. The standard InChI is InChI=1S/C25H23N9O3/c1-2-3-13-33-20-22(31-24(33)30-12-10-26)32-25(37-18-9-6-11-29-19(18)21(28)35)34(23(20)36)15-17-8-5-4-7-16(17)14-27/h4-9,11H,10,12-13,15,26H2,1H3,(H2,28,35)(H,30,31). The fourth-order valence-corrected chi connectivity index (χ4v) is 3.64. The summed E-state index contributed by atoms with van der Waals surface area (Å²) in [5.74, 6) is 5.33. The van der Waals surface area contributed by atoms with Crippen molar-refractivity contribution < 1.29 is 9.53 Å². The van der Waals surface area contributed by atoms with Gasteiger partial charge >= 0.3 is 6.01 Å². The Morgan fingerprint density at radius 3 is 2.73 bits per heavy atom. The van der Waals surface area contributed by atoms with E-state index < -0.39 is 11.5 Å². The van der Waals surface area contributed by atoms with Crippen LogP contribution >= 0.6 is 0 Å². The fourth-order valence-electron chi connectivity index (χ4n) is 3.64. The first-order chi connectivity index (χ1) is 18.0. The molecule has 186 valence electrons. The second-order valence-electron chi connectivity index (χ2n) is 7.71. The fraction of sp³-hybridized carbons (Fsp3) is 0.200. The number of carbonyl (C=O) groups is 1. The van der Waals surface area contributed by atoms with Gasteiger partial charge in [0.2, 0.25) is 5.95 Å². The maximum atomic E-state index is 13.9. The number of pyridine rings is 1. The Labute approximate surface area is 211 Å². The van der Waals surface area contributed by atoms with Crippen LogP contribution in [0.15, 0.2) is 47.4 Å². The molecule has 3 heterocycles. The number of amides is 1. The first-order valence-electron chi connectivity index (χ1n) is 11.2. The van der Waals surface area contributed by atoms with Gasteiger partial charge in [0, 0.05) is 19.3 Å². The summed E-state index contributed by atoms with van der Waals surface area (Å²) in [5.41, 5.74) is 11.7. The van der Waals surface area contributed by atoms with Gasteiger partial charge in [-0.25, -0.2) is 4.98 Å². The van der Waals surface area contributed by atoms with E-state index in [1.807, 2.05) is 0 Å². The Kier molecular flexibility index (Phi) is 7.42. The van der Waals surface area contributed by atoms with Gasteiger partial charge in [0.25, 0.3) is 11.5 Å². The highest BCUT2D eigenvalue weighted by molar-refractivity contribution is 5.93. The number of hydrogen-bond acceptors (Lipinski definition) is 9. The lowest BCUT2D eigenvalue weighted by atomic mass is 10.1. The molecule has 0 unspecified atom stereocenters. The zero-order valence-electron chi connectivity index (χ0n) is 19.9. The lowest BCUT2D eigenvalue weighted by molar-refractivity contribution is 0.0993. The van der Waals surface area contributed by atoms with Gasteiger partial charge in [0.1, 0.15) is 0 Å². The van der Waals surface area contributed by atoms with Crippen molar-refractivity contribution in [3.05, 3.63) is 69.8 Å². The molecule has 5 N–H and O–H groups in total. The van der Waals surface area contributed by atoms with Crippen molar-refractivity contribution in [2.45, 2.75) is 20.0 Å². The van der Waals surface area contributed by atoms with E-state index in [0.29, 0.717) is 30.2 Å². The second kappa shape index (κ2) is 11.0. The lowest BCUT2D eigenvalue weighted by Crippen LogP contribution is -2.26. The number of rotatable bonds is 9. The third-order valence-electron chi connectivity index (χ3n) is 5.34.